The molecule has 142 valence electrons. The first kappa shape index (κ1) is 19.1. The van der Waals surface area contributed by atoms with Gasteiger partial charge in [0.15, 0.2) is 0 Å². The minimum absolute atomic E-state index is 0.164. The summed E-state index contributed by atoms with van der Waals surface area (Å²) in [5.74, 6) is -1.88. The molecule has 3 aromatic rings. The molecule has 6 heteroatoms. The van der Waals surface area contributed by atoms with Crippen LogP contribution in [0, 0.1) is 0 Å². The molecule has 0 saturated carbocycles. The fraction of sp³-hybridized carbons (Fsp3) is 0.136. The molecule has 0 unspecified atom stereocenters. The number of rotatable bonds is 6. The van der Waals surface area contributed by atoms with Crippen LogP contribution in [0.1, 0.15) is 22.8 Å². The highest BCUT2D eigenvalue weighted by Crippen LogP contribution is 2.17. The van der Waals surface area contributed by atoms with E-state index in [9.17, 15) is 19.5 Å². The van der Waals surface area contributed by atoms with Crippen LogP contribution < -0.4 is 10.6 Å². The molecule has 0 aliphatic carbocycles. The molecule has 0 saturated heterocycles. The van der Waals surface area contributed by atoms with Crippen molar-refractivity contribution in [3.63, 3.8) is 0 Å². The topological polar surface area (TPSA) is 95.5 Å². The third-order valence-corrected chi connectivity index (χ3v) is 4.30. The number of hydrogen-bond donors (Lipinski definition) is 3. The summed E-state index contributed by atoms with van der Waals surface area (Å²) in [7, 11) is 0. The summed E-state index contributed by atoms with van der Waals surface area (Å²) in [5.41, 5.74) is 1.57. The molecular formula is C22H20N2O4. The van der Waals surface area contributed by atoms with E-state index in [1.165, 1.54) is 13.0 Å². The maximum absolute atomic E-state index is 12.5. The number of carboxylic acid groups (broad SMARTS) is 1. The van der Waals surface area contributed by atoms with Gasteiger partial charge >= 0.3 is 5.97 Å². The largest absolute Gasteiger partial charge is 0.480 e. The molecule has 0 spiro atoms. The van der Waals surface area contributed by atoms with E-state index in [1.54, 1.807) is 18.2 Å². The molecule has 28 heavy (non-hydrogen) atoms. The van der Waals surface area contributed by atoms with E-state index >= 15 is 0 Å². The molecule has 0 aliphatic rings. The maximum atomic E-state index is 12.5. The van der Waals surface area contributed by atoms with Crippen LogP contribution in [0.5, 0.6) is 0 Å². The van der Waals surface area contributed by atoms with E-state index in [-0.39, 0.29) is 17.9 Å². The molecule has 0 bridgehead atoms. The van der Waals surface area contributed by atoms with Gasteiger partial charge in [-0.1, -0.05) is 48.5 Å². The lowest BCUT2D eigenvalue weighted by Crippen LogP contribution is -2.42. The molecule has 0 heterocycles. The smallest absolute Gasteiger partial charge is 0.326 e. The third-order valence-electron chi connectivity index (χ3n) is 4.30. The molecule has 3 aromatic carbocycles. The standard InChI is InChI=1S/C22H20N2O4/c1-14(25)23-19-8-4-7-18(13-19)21(26)24-20(22(27)28)12-15-9-10-16-5-2-3-6-17(16)11-15/h2-11,13,20H,12H2,1H3,(H,23,25)(H,24,26)(H,27,28)/t20-/m1/s1. The Bertz CT molecular complexity index is 1050. The SMILES string of the molecule is CC(=O)Nc1cccc(C(=O)N[C@H](Cc2ccc3ccccc3c2)C(=O)O)c1. The van der Waals surface area contributed by atoms with E-state index < -0.39 is 17.9 Å². The summed E-state index contributed by atoms with van der Waals surface area (Å²) in [6, 6.07) is 18.8. The van der Waals surface area contributed by atoms with Crippen molar-refractivity contribution in [1.82, 2.24) is 5.32 Å². The Kier molecular flexibility index (Phi) is 5.69. The fourth-order valence-corrected chi connectivity index (χ4v) is 2.98. The molecule has 6 nitrogen and oxygen atoms in total. The molecule has 0 radical (unpaired) electrons. The van der Waals surface area contributed by atoms with Crippen LogP contribution in [-0.2, 0) is 16.0 Å². The summed E-state index contributed by atoms with van der Waals surface area (Å²) >= 11 is 0. The number of nitrogens with one attached hydrogen (secondary N) is 2. The number of fused-ring (bicyclic) bond motifs is 1. The summed E-state index contributed by atoms with van der Waals surface area (Å²) in [4.78, 5) is 35.4. The number of aliphatic carboxylic acids is 1. The zero-order chi connectivity index (χ0) is 20.1. The van der Waals surface area contributed by atoms with Crippen LogP contribution in [0.4, 0.5) is 5.69 Å². The lowest BCUT2D eigenvalue weighted by atomic mass is 10.0. The van der Waals surface area contributed by atoms with Crippen molar-refractivity contribution in [1.29, 1.82) is 0 Å². The van der Waals surface area contributed by atoms with Crippen LogP contribution in [0.15, 0.2) is 66.7 Å². The van der Waals surface area contributed by atoms with Gasteiger partial charge in [-0.2, -0.15) is 0 Å². The summed E-state index contributed by atoms with van der Waals surface area (Å²) in [5, 5.41) is 16.8. The van der Waals surface area contributed by atoms with Crippen molar-refractivity contribution in [2.24, 2.45) is 0 Å². The van der Waals surface area contributed by atoms with Crippen molar-refractivity contribution in [3.05, 3.63) is 77.9 Å². The number of carbonyl (C=O) groups excluding carboxylic acids is 2. The summed E-state index contributed by atoms with van der Waals surface area (Å²) < 4.78 is 0. The molecule has 0 aromatic heterocycles. The van der Waals surface area contributed by atoms with Crippen molar-refractivity contribution < 1.29 is 19.5 Å². The predicted molar refractivity (Wildman–Crippen MR) is 107 cm³/mol. The highest BCUT2D eigenvalue weighted by atomic mass is 16.4. The number of hydrogen-bond acceptors (Lipinski definition) is 3. The first-order valence-electron chi connectivity index (χ1n) is 8.81. The van der Waals surface area contributed by atoms with Crippen LogP contribution in [-0.4, -0.2) is 28.9 Å². The van der Waals surface area contributed by atoms with Crippen molar-refractivity contribution >= 4 is 34.2 Å². The van der Waals surface area contributed by atoms with Crippen LogP contribution in [0.3, 0.4) is 0 Å². The number of amides is 2. The Hall–Kier alpha value is -3.67. The van der Waals surface area contributed by atoms with Crippen molar-refractivity contribution in [2.45, 2.75) is 19.4 Å². The van der Waals surface area contributed by atoms with Gasteiger partial charge < -0.3 is 15.7 Å². The lowest BCUT2D eigenvalue weighted by molar-refractivity contribution is -0.139. The Labute approximate surface area is 162 Å². The third kappa shape index (κ3) is 4.73. The van der Waals surface area contributed by atoms with Crippen molar-refractivity contribution in [3.8, 4) is 0 Å². The predicted octanol–water partition coefficient (Wildman–Crippen LogP) is 3.22. The van der Waals surface area contributed by atoms with Gasteiger partial charge in [-0.05, 0) is 34.5 Å². The van der Waals surface area contributed by atoms with Gasteiger partial charge in [0.2, 0.25) is 5.91 Å². The van der Waals surface area contributed by atoms with Crippen LogP contribution in [0.2, 0.25) is 0 Å². The van der Waals surface area contributed by atoms with Gasteiger partial charge in [0, 0.05) is 24.6 Å². The summed E-state index contributed by atoms with van der Waals surface area (Å²) in [6.07, 6.45) is 0.164. The van der Waals surface area contributed by atoms with E-state index in [0.717, 1.165) is 16.3 Å². The second-order valence-electron chi connectivity index (χ2n) is 6.51. The average Bonchev–Trinajstić information content (AvgIpc) is 2.67. The number of anilines is 1. The van der Waals surface area contributed by atoms with Crippen molar-refractivity contribution in [2.75, 3.05) is 5.32 Å². The highest BCUT2D eigenvalue weighted by molar-refractivity contribution is 5.98. The fourth-order valence-electron chi connectivity index (χ4n) is 2.98. The first-order valence-corrected chi connectivity index (χ1v) is 8.81. The zero-order valence-electron chi connectivity index (χ0n) is 15.3. The average molecular weight is 376 g/mol. The normalized spacial score (nSPS) is 11.6. The van der Waals surface area contributed by atoms with Gasteiger partial charge in [0.25, 0.3) is 5.91 Å². The second-order valence-corrected chi connectivity index (χ2v) is 6.51. The molecule has 0 fully saturated rings. The van der Waals surface area contributed by atoms with Crippen LogP contribution in [0.25, 0.3) is 10.8 Å². The first-order chi connectivity index (χ1) is 13.4. The maximum Gasteiger partial charge on any atom is 0.326 e. The quantitative estimate of drug-likeness (QED) is 0.615. The monoisotopic (exact) mass is 376 g/mol. The second kappa shape index (κ2) is 8.35. The molecule has 3 rings (SSSR count). The Morgan fingerprint density at radius 3 is 2.39 bits per heavy atom. The van der Waals surface area contributed by atoms with E-state index in [4.69, 9.17) is 0 Å². The van der Waals surface area contributed by atoms with Gasteiger partial charge in [-0.15, -0.1) is 0 Å². The number of carbonyl (C=O) groups is 3. The summed E-state index contributed by atoms with van der Waals surface area (Å²) in [6.45, 7) is 1.37. The molecular weight excluding hydrogens is 356 g/mol. The minimum atomic E-state index is -1.11. The van der Waals surface area contributed by atoms with E-state index in [1.807, 2.05) is 42.5 Å². The Balaban J connectivity index is 1.76. The Morgan fingerprint density at radius 2 is 1.68 bits per heavy atom. The number of carboxylic acids is 1. The van der Waals surface area contributed by atoms with Gasteiger partial charge in [0.05, 0.1) is 0 Å². The van der Waals surface area contributed by atoms with Gasteiger partial charge in [0.1, 0.15) is 6.04 Å². The highest BCUT2D eigenvalue weighted by Gasteiger charge is 2.21. The number of benzene rings is 3. The molecule has 2 amide bonds. The van der Waals surface area contributed by atoms with Gasteiger partial charge in [-0.3, -0.25) is 9.59 Å². The molecule has 1 atom stereocenters. The minimum Gasteiger partial charge on any atom is -0.480 e. The molecule has 3 N–H and O–H groups in total. The zero-order valence-corrected chi connectivity index (χ0v) is 15.3. The lowest BCUT2D eigenvalue weighted by Gasteiger charge is -2.15. The molecule has 0 aliphatic heterocycles. The van der Waals surface area contributed by atoms with E-state index in [0.29, 0.717) is 5.69 Å². The van der Waals surface area contributed by atoms with E-state index in [2.05, 4.69) is 10.6 Å². The Morgan fingerprint density at radius 1 is 0.929 bits per heavy atom. The van der Waals surface area contributed by atoms with Gasteiger partial charge in [-0.25, -0.2) is 4.79 Å². The van der Waals surface area contributed by atoms with Crippen LogP contribution >= 0.6 is 0 Å².